The van der Waals surface area contributed by atoms with Crippen LogP contribution in [0.3, 0.4) is 0 Å². The first-order valence-electron chi connectivity index (χ1n) is 7.41. The van der Waals surface area contributed by atoms with Crippen molar-refractivity contribution in [2.75, 3.05) is 19.5 Å². The molecule has 0 N–H and O–H groups in total. The summed E-state index contributed by atoms with van der Waals surface area (Å²) in [5.41, 5.74) is 0.909. The Balaban J connectivity index is 1.54. The lowest BCUT2D eigenvalue weighted by atomic mass is 10.3. The number of halogens is 1. The zero-order valence-corrected chi connectivity index (χ0v) is 16.6. The third kappa shape index (κ3) is 4.98. The topological polar surface area (TPSA) is 36.3 Å². The van der Waals surface area contributed by atoms with Crippen molar-refractivity contribution < 1.29 is 9.47 Å². The van der Waals surface area contributed by atoms with E-state index >= 15 is 0 Å². The minimum Gasteiger partial charge on any atom is -0.497 e. The van der Waals surface area contributed by atoms with Gasteiger partial charge in [-0.05, 0) is 60.7 Å². The van der Waals surface area contributed by atoms with Crippen LogP contribution in [-0.4, -0.2) is 29.3 Å². The molecule has 0 amide bonds. The van der Waals surface area contributed by atoms with Crippen molar-refractivity contribution in [2.24, 2.45) is 0 Å². The van der Waals surface area contributed by atoms with E-state index in [-0.39, 0.29) is 0 Å². The molecule has 0 radical (unpaired) electrons. The van der Waals surface area contributed by atoms with Gasteiger partial charge in [-0.1, -0.05) is 34.7 Å². The van der Waals surface area contributed by atoms with Crippen molar-refractivity contribution in [2.45, 2.75) is 4.34 Å². The normalized spacial score (nSPS) is 10.6. The first-order valence-corrected chi connectivity index (χ1v) is 10.0. The number of methoxy groups -OCH3 is 1. The Kier molecular flexibility index (Phi) is 6.36. The highest BCUT2D eigenvalue weighted by molar-refractivity contribution is 8.01. The predicted molar refractivity (Wildman–Crippen MR) is 106 cm³/mol. The van der Waals surface area contributed by atoms with Gasteiger partial charge in [-0.25, -0.2) is 4.68 Å². The van der Waals surface area contributed by atoms with Crippen LogP contribution in [0.4, 0.5) is 0 Å². The number of hydrogen-bond donors (Lipinski definition) is 0. The molecule has 0 atom stereocenters. The Labute approximate surface area is 164 Å². The van der Waals surface area contributed by atoms with Gasteiger partial charge in [-0.2, -0.15) is 0 Å². The third-order valence-corrected chi connectivity index (χ3v) is 5.82. The fourth-order valence-electron chi connectivity index (χ4n) is 2.03. The van der Waals surface area contributed by atoms with E-state index in [0.29, 0.717) is 15.6 Å². The van der Waals surface area contributed by atoms with Crippen LogP contribution in [0.15, 0.2) is 52.9 Å². The second kappa shape index (κ2) is 8.71. The van der Waals surface area contributed by atoms with Gasteiger partial charge in [-0.15, -0.1) is 5.10 Å². The molecule has 8 heteroatoms. The summed E-state index contributed by atoms with van der Waals surface area (Å²) in [6.07, 6.45) is 0. The van der Waals surface area contributed by atoms with Crippen LogP contribution in [0.2, 0.25) is 5.02 Å². The Hall–Kier alpha value is -1.54. The average molecular weight is 411 g/mol. The minimum atomic E-state index is 0.588. The molecule has 2 aromatic carbocycles. The highest BCUT2D eigenvalue weighted by Gasteiger charge is 2.06. The van der Waals surface area contributed by atoms with Gasteiger partial charge in [0.05, 0.1) is 19.4 Å². The molecule has 3 aromatic rings. The minimum absolute atomic E-state index is 0.588. The summed E-state index contributed by atoms with van der Waals surface area (Å²) in [5, 5.41) is 5.25. The molecule has 3 rings (SSSR count). The van der Waals surface area contributed by atoms with Crippen LogP contribution in [-0.2, 0) is 0 Å². The molecule has 1 heterocycles. The Morgan fingerprint density at radius 3 is 2.48 bits per heavy atom. The second-order valence-electron chi connectivity index (χ2n) is 4.89. The van der Waals surface area contributed by atoms with Gasteiger partial charge in [0.15, 0.2) is 8.29 Å². The van der Waals surface area contributed by atoms with Crippen LogP contribution < -0.4 is 9.47 Å². The summed E-state index contributed by atoms with van der Waals surface area (Å²) >= 11 is 14.4. The van der Waals surface area contributed by atoms with Crippen molar-refractivity contribution in [3.8, 4) is 17.2 Å². The van der Waals surface area contributed by atoms with Gasteiger partial charge in [0, 0.05) is 10.8 Å². The maximum Gasteiger partial charge on any atom is 0.184 e. The summed E-state index contributed by atoms with van der Waals surface area (Å²) in [6.45, 7) is 0.588. The van der Waals surface area contributed by atoms with E-state index in [4.69, 9.17) is 33.3 Å². The van der Waals surface area contributed by atoms with Crippen molar-refractivity contribution in [3.63, 3.8) is 0 Å². The number of nitrogens with zero attached hydrogens (tertiary/aromatic N) is 2. The van der Waals surface area contributed by atoms with E-state index in [1.165, 1.54) is 11.3 Å². The molecule has 25 heavy (non-hydrogen) atoms. The highest BCUT2D eigenvalue weighted by atomic mass is 35.5. The molecular weight excluding hydrogens is 396 g/mol. The van der Waals surface area contributed by atoms with Gasteiger partial charge in [0.2, 0.25) is 0 Å². The van der Waals surface area contributed by atoms with Gasteiger partial charge < -0.3 is 9.47 Å². The molecule has 1 aromatic heterocycles. The van der Waals surface area contributed by atoms with Gasteiger partial charge >= 0.3 is 0 Å². The Morgan fingerprint density at radius 1 is 1.12 bits per heavy atom. The van der Waals surface area contributed by atoms with E-state index in [1.54, 1.807) is 23.6 Å². The van der Waals surface area contributed by atoms with Gasteiger partial charge in [0.1, 0.15) is 11.5 Å². The molecule has 0 unspecified atom stereocenters. The number of rotatable bonds is 7. The summed E-state index contributed by atoms with van der Waals surface area (Å²) < 4.78 is 14.2. The van der Waals surface area contributed by atoms with Crippen molar-refractivity contribution in [1.29, 1.82) is 0 Å². The molecule has 0 saturated carbocycles. The summed E-state index contributed by atoms with van der Waals surface area (Å²) in [6, 6.07) is 15.0. The quantitative estimate of drug-likeness (QED) is 0.292. The first kappa shape index (κ1) is 18.3. The Morgan fingerprint density at radius 2 is 1.80 bits per heavy atom. The van der Waals surface area contributed by atoms with E-state index in [2.05, 4.69) is 5.10 Å². The molecule has 0 aliphatic carbocycles. The zero-order chi connectivity index (χ0) is 17.6. The number of hydrogen-bond acceptors (Lipinski definition) is 6. The maximum absolute atomic E-state index is 5.92. The molecule has 130 valence electrons. The number of benzene rings is 2. The van der Waals surface area contributed by atoms with E-state index in [9.17, 15) is 0 Å². The predicted octanol–water partition coefficient (Wildman–Crippen LogP) is 5.50. The fourth-order valence-corrected chi connectivity index (χ4v) is 4.40. The van der Waals surface area contributed by atoms with Gasteiger partial charge in [-0.3, -0.25) is 0 Å². The Bertz CT molecular complexity index is 876. The largest absolute Gasteiger partial charge is 0.497 e. The fraction of sp³-hybridized carbons (Fsp3) is 0.176. The molecule has 4 nitrogen and oxygen atoms in total. The summed E-state index contributed by atoms with van der Waals surface area (Å²) in [5.74, 6) is 2.42. The van der Waals surface area contributed by atoms with Crippen molar-refractivity contribution in [1.82, 2.24) is 9.78 Å². The number of ether oxygens (including phenoxy) is 2. The summed E-state index contributed by atoms with van der Waals surface area (Å²) in [4.78, 5) is 0. The van der Waals surface area contributed by atoms with Crippen LogP contribution in [0.25, 0.3) is 5.69 Å². The molecular formula is C17H15ClN2O2S3. The molecule has 0 fully saturated rings. The van der Waals surface area contributed by atoms with Crippen molar-refractivity contribution in [3.05, 3.63) is 57.5 Å². The smallest absolute Gasteiger partial charge is 0.184 e. The van der Waals surface area contributed by atoms with Crippen molar-refractivity contribution >= 4 is 46.9 Å². The van der Waals surface area contributed by atoms with Gasteiger partial charge in [0.25, 0.3) is 0 Å². The monoisotopic (exact) mass is 410 g/mol. The molecule has 0 bridgehead atoms. The number of thioether (sulfide) groups is 1. The molecule has 0 spiro atoms. The molecule has 0 aliphatic rings. The van der Waals surface area contributed by atoms with Crippen LogP contribution in [0.5, 0.6) is 11.5 Å². The van der Waals surface area contributed by atoms with Crippen LogP contribution >= 0.6 is 46.9 Å². The average Bonchev–Trinajstić information content (AvgIpc) is 3.00. The second-order valence-corrected chi connectivity index (χ2v) is 8.30. The highest BCUT2D eigenvalue weighted by Crippen LogP contribution is 2.25. The van der Waals surface area contributed by atoms with E-state index < -0.39 is 0 Å². The summed E-state index contributed by atoms with van der Waals surface area (Å²) in [7, 11) is 1.64. The lowest BCUT2D eigenvalue weighted by molar-refractivity contribution is 0.342. The lowest BCUT2D eigenvalue weighted by Crippen LogP contribution is -2.00. The van der Waals surface area contributed by atoms with Crippen LogP contribution in [0, 0.1) is 3.95 Å². The van der Waals surface area contributed by atoms with E-state index in [1.807, 2.05) is 48.5 Å². The van der Waals surface area contributed by atoms with Crippen LogP contribution in [0.1, 0.15) is 0 Å². The molecule has 0 aliphatic heterocycles. The zero-order valence-electron chi connectivity index (χ0n) is 13.3. The first-order chi connectivity index (χ1) is 12.2. The lowest BCUT2D eigenvalue weighted by Gasteiger charge is -2.06. The number of aromatic nitrogens is 2. The van der Waals surface area contributed by atoms with E-state index in [0.717, 1.165) is 27.3 Å². The third-order valence-electron chi connectivity index (χ3n) is 3.24. The maximum atomic E-state index is 5.92. The standard InChI is InChI=1S/C17H15ClN2O2S3/c1-21-14-6-8-15(9-7-14)22-10-11-24-16-19-20(17(23)25-16)13-4-2-12(18)3-5-13/h2-9H,10-11H2,1H3. The SMILES string of the molecule is COc1ccc(OCCSc2nn(-c3ccc(Cl)cc3)c(=S)s2)cc1. The molecule has 0 saturated heterocycles.